The largest absolute Gasteiger partial charge is 0.353 e. The number of aromatic nitrogens is 4. The molecule has 2 aliphatic carbocycles. The molecule has 1 amide bonds. The Morgan fingerprint density at radius 2 is 1.94 bits per heavy atom. The van der Waals surface area contributed by atoms with Crippen molar-refractivity contribution < 1.29 is 9.18 Å². The molecule has 4 atom stereocenters. The maximum Gasteiger partial charge on any atom is 0.230 e. The van der Waals surface area contributed by atoms with Crippen molar-refractivity contribution in [2.75, 3.05) is 5.75 Å². The third kappa shape index (κ3) is 4.28. The zero-order valence-electron chi connectivity index (χ0n) is 17.9. The summed E-state index contributed by atoms with van der Waals surface area (Å²) >= 11 is 1.34. The topological polar surface area (TPSA) is 72.7 Å². The van der Waals surface area contributed by atoms with E-state index in [1.165, 1.54) is 49.6 Å². The van der Waals surface area contributed by atoms with Crippen LogP contribution in [-0.2, 0) is 4.79 Å². The molecule has 0 spiro atoms. The molecule has 1 N–H and O–H groups in total. The minimum absolute atomic E-state index is 0.00407. The number of hydrogen-bond acceptors (Lipinski definition) is 5. The highest BCUT2D eigenvalue weighted by molar-refractivity contribution is 7.99. The Bertz CT molecular complexity index is 1090. The van der Waals surface area contributed by atoms with Crippen LogP contribution in [0.25, 0.3) is 17.1 Å². The second-order valence-electron chi connectivity index (χ2n) is 8.84. The molecule has 0 saturated heterocycles. The number of benzene rings is 1. The molecule has 8 heteroatoms. The molecule has 0 radical (unpaired) electrons. The van der Waals surface area contributed by atoms with Gasteiger partial charge < -0.3 is 5.32 Å². The van der Waals surface area contributed by atoms with Gasteiger partial charge in [-0.25, -0.2) is 4.39 Å². The van der Waals surface area contributed by atoms with Crippen molar-refractivity contribution in [3.05, 3.63) is 54.6 Å². The Hall–Kier alpha value is -2.74. The van der Waals surface area contributed by atoms with Gasteiger partial charge in [0.25, 0.3) is 0 Å². The molecule has 2 aromatic heterocycles. The molecule has 5 rings (SSSR count). The second kappa shape index (κ2) is 9.02. The lowest BCUT2D eigenvalue weighted by Crippen LogP contribution is -2.40. The van der Waals surface area contributed by atoms with Crippen LogP contribution in [0.5, 0.6) is 0 Å². The van der Waals surface area contributed by atoms with Crippen LogP contribution in [0.2, 0.25) is 0 Å². The molecular formula is C24H26FN5OS. The predicted octanol–water partition coefficient (Wildman–Crippen LogP) is 4.50. The van der Waals surface area contributed by atoms with Crippen molar-refractivity contribution >= 4 is 17.7 Å². The minimum Gasteiger partial charge on any atom is -0.353 e. The van der Waals surface area contributed by atoms with Crippen molar-refractivity contribution in [2.45, 2.75) is 43.8 Å². The summed E-state index contributed by atoms with van der Waals surface area (Å²) in [6.45, 7) is 2.14. The van der Waals surface area contributed by atoms with E-state index in [2.05, 4.69) is 27.4 Å². The van der Waals surface area contributed by atoms with Gasteiger partial charge in [0.1, 0.15) is 5.82 Å². The maximum absolute atomic E-state index is 13.5. The van der Waals surface area contributed by atoms with Crippen LogP contribution in [-0.4, -0.2) is 37.5 Å². The van der Waals surface area contributed by atoms with Crippen molar-refractivity contribution in [2.24, 2.45) is 17.8 Å². The van der Waals surface area contributed by atoms with E-state index in [1.807, 2.05) is 16.7 Å². The molecule has 6 nitrogen and oxygen atoms in total. The number of carbonyl (C=O) groups excluding carboxylic acids is 1. The first-order chi connectivity index (χ1) is 15.6. The molecular weight excluding hydrogens is 425 g/mol. The predicted molar refractivity (Wildman–Crippen MR) is 122 cm³/mol. The van der Waals surface area contributed by atoms with Gasteiger partial charge in [0.15, 0.2) is 11.0 Å². The van der Waals surface area contributed by atoms with Gasteiger partial charge in [-0.3, -0.25) is 14.3 Å². The number of amides is 1. The van der Waals surface area contributed by atoms with E-state index >= 15 is 0 Å². The third-order valence-corrected chi connectivity index (χ3v) is 7.74. The monoisotopic (exact) mass is 451 g/mol. The van der Waals surface area contributed by atoms with E-state index in [9.17, 15) is 9.18 Å². The standard InChI is InChI=1S/C24H26FN5OS/c1-15(21-13-16-2-3-18(21)12-16)27-22(31)14-32-24-29-28-23(17-8-10-26-11-9-17)30(24)20-6-4-19(25)5-7-20/h4-11,15-16,18,21H,2-3,12-14H2,1H3,(H,27,31). The average Bonchev–Trinajstić information content (AvgIpc) is 3.55. The molecule has 2 bridgehead atoms. The van der Waals surface area contributed by atoms with Gasteiger partial charge in [-0.1, -0.05) is 18.2 Å². The van der Waals surface area contributed by atoms with Crippen molar-refractivity contribution in [3.8, 4) is 17.1 Å². The van der Waals surface area contributed by atoms with Gasteiger partial charge in [0.05, 0.1) is 5.75 Å². The van der Waals surface area contributed by atoms with E-state index in [4.69, 9.17) is 0 Å². The number of nitrogens with zero attached hydrogens (tertiary/aromatic N) is 4. The minimum atomic E-state index is -0.310. The number of rotatable bonds is 7. The highest BCUT2D eigenvalue weighted by atomic mass is 32.2. The number of halogens is 1. The van der Waals surface area contributed by atoms with E-state index in [1.54, 1.807) is 24.5 Å². The van der Waals surface area contributed by atoms with E-state index in [-0.39, 0.29) is 23.5 Å². The molecule has 32 heavy (non-hydrogen) atoms. The zero-order valence-corrected chi connectivity index (χ0v) is 18.8. The van der Waals surface area contributed by atoms with Gasteiger partial charge in [-0.05, 0) is 80.3 Å². The van der Waals surface area contributed by atoms with Crippen molar-refractivity contribution in [1.82, 2.24) is 25.1 Å². The van der Waals surface area contributed by atoms with Crippen LogP contribution in [0.1, 0.15) is 32.6 Å². The number of carbonyl (C=O) groups is 1. The zero-order chi connectivity index (χ0) is 22.1. The van der Waals surface area contributed by atoms with Crippen molar-refractivity contribution in [3.63, 3.8) is 0 Å². The molecule has 0 aliphatic heterocycles. The average molecular weight is 452 g/mol. The summed E-state index contributed by atoms with van der Waals surface area (Å²) in [7, 11) is 0. The van der Waals surface area contributed by atoms with Crippen LogP contribution < -0.4 is 5.32 Å². The molecule has 2 heterocycles. The molecule has 2 aliphatic rings. The van der Waals surface area contributed by atoms with Crippen LogP contribution >= 0.6 is 11.8 Å². The Morgan fingerprint density at radius 1 is 1.16 bits per heavy atom. The normalized spacial score (nSPS) is 22.8. The highest BCUT2D eigenvalue weighted by Crippen LogP contribution is 2.49. The lowest BCUT2D eigenvalue weighted by Gasteiger charge is -2.28. The fourth-order valence-electron chi connectivity index (χ4n) is 5.31. The Labute approximate surface area is 191 Å². The second-order valence-corrected chi connectivity index (χ2v) is 9.78. The molecule has 1 aromatic carbocycles. The van der Waals surface area contributed by atoms with Crippen molar-refractivity contribution in [1.29, 1.82) is 0 Å². The number of pyridine rings is 1. The van der Waals surface area contributed by atoms with Gasteiger partial charge in [0.2, 0.25) is 5.91 Å². The fourth-order valence-corrected chi connectivity index (χ4v) is 6.08. The Balaban J connectivity index is 1.31. The molecule has 4 unspecified atom stereocenters. The van der Waals surface area contributed by atoms with E-state index < -0.39 is 0 Å². The van der Waals surface area contributed by atoms with Gasteiger partial charge >= 0.3 is 0 Å². The molecule has 2 saturated carbocycles. The highest BCUT2D eigenvalue weighted by Gasteiger charge is 2.42. The van der Waals surface area contributed by atoms with Crippen LogP contribution in [0, 0.1) is 23.6 Å². The van der Waals surface area contributed by atoms with Gasteiger partial charge in [0, 0.05) is 29.7 Å². The van der Waals surface area contributed by atoms with Crippen LogP contribution in [0.15, 0.2) is 53.9 Å². The molecule has 166 valence electrons. The lowest BCUT2D eigenvalue weighted by molar-refractivity contribution is -0.119. The summed E-state index contributed by atoms with van der Waals surface area (Å²) in [5.74, 6) is 2.80. The maximum atomic E-state index is 13.5. The Morgan fingerprint density at radius 3 is 2.62 bits per heavy atom. The summed E-state index contributed by atoms with van der Waals surface area (Å²) in [6.07, 6.45) is 8.62. The SMILES string of the molecule is CC(NC(=O)CSc1nnc(-c2ccncc2)n1-c1ccc(F)cc1)C1CC2CCC1C2. The fraction of sp³-hybridized carbons (Fsp3) is 0.417. The van der Waals surface area contributed by atoms with Crippen LogP contribution in [0.4, 0.5) is 4.39 Å². The third-order valence-electron chi connectivity index (χ3n) is 6.81. The lowest BCUT2D eigenvalue weighted by atomic mass is 9.84. The first kappa shape index (κ1) is 21.1. The summed E-state index contributed by atoms with van der Waals surface area (Å²) in [4.78, 5) is 16.8. The van der Waals surface area contributed by atoms with E-state index in [0.29, 0.717) is 16.9 Å². The summed E-state index contributed by atoms with van der Waals surface area (Å²) in [6, 6.07) is 10.1. The number of fused-ring (bicyclic) bond motifs is 2. The number of nitrogens with one attached hydrogen (secondary N) is 1. The number of hydrogen-bond donors (Lipinski definition) is 1. The first-order valence-electron chi connectivity index (χ1n) is 11.1. The number of thioether (sulfide) groups is 1. The first-order valence-corrected chi connectivity index (χ1v) is 12.1. The summed E-state index contributed by atoms with van der Waals surface area (Å²) in [5.41, 5.74) is 1.58. The summed E-state index contributed by atoms with van der Waals surface area (Å²) < 4.78 is 15.4. The van der Waals surface area contributed by atoms with Gasteiger partial charge in [-0.2, -0.15) is 0 Å². The van der Waals surface area contributed by atoms with E-state index in [0.717, 1.165) is 23.1 Å². The molecule has 2 fully saturated rings. The summed E-state index contributed by atoms with van der Waals surface area (Å²) in [5, 5.41) is 12.5. The smallest absolute Gasteiger partial charge is 0.230 e. The molecule has 3 aromatic rings. The van der Waals surface area contributed by atoms with Crippen LogP contribution in [0.3, 0.4) is 0 Å². The quantitative estimate of drug-likeness (QED) is 0.536. The Kier molecular flexibility index (Phi) is 5.95. The van der Waals surface area contributed by atoms with Gasteiger partial charge in [-0.15, -0.1) is 10.2 Å².